The fourth-order valence-electron chi connectivity index (χ4n) is 2.36. The third-order valence-electron chi connectivity index (χ3n) is 3.84. The molecule has 2 N–H and O–H groups in total. The summed E-state index contributed by atoms with van der Waals surface area (Å²) in [5.74, 6) is 0.768. The zero-order chi connectivity index (χ0) is 22.6. The van der Waals surface area contributed by atoms with Crippen LogP contribution in [0.1, 0.15) is 21.5 Å². The Morgan fingerprint density at radius 2 is 1.45 bits per heavy atom. The quantitative estimate of drug-likeness (QED) is 0.333. The summed E-state index contributed by atoms with van der Waals surface area (Å²) in [6.07, 6.45) is 5.33. The molecule has 0 atom stereocenters. The molecule has 8 nitrogen and oxygen atoms in total. The van der Waals surface area contributed by atoms with Crippen molar-refractivity contribution in [3.63, 3.8) is 0 Å². The number of carboxylic acids is 1. The van der Waals surface area contributed by atoms with Crippen molar-refractivity contribution in [3.05, 3.63) is 83.7 Å². The maximum atomic E-state index is 10.4. The van der Waals surface area contributed by atoms with E-state index >= 15 is 0 Å². The maximum absolute atomic E-state index is 10.4. The molecule has 0 aliphatic rings. The van der Waals surface area contributed by atoms with Crippen molar-refractivity contribution in [1.82, 2.24) is 4.98 Å². The molecular formula is C23H21NO7. The summed E-state index contributed by atoms with van der Waals surface area (Å²) in [5, 5.41) is 16.9. The SMILES string of the molecule is COc1cc(C=Cc2ccc(OC(=O)O)cc2)cc(OC)c1.O=C(O)c1cccnc1. The van der Waals surface area contributed by atoms with Crippen LogP contribution >= 0.6 is 0 Å². The highest BCUT2D eigenvalue weighted by atomic mass is 16.7. The minimum atomic E-state index is -1.33. The standard InChI is InChI=1S/C17H16O5.C6H5NO2/c1-20-15-9-13(10-16(11-15)21-2)4-3-12-5-7-14(8-6-12)22-17(18)19;8-6(9)5-2-1-3-7-4-5/h3-11H,1-2H3,(H,18,19);1-4H,(H,8,9). The second-order valence-electron chi connectivity index (χ2n) is 5.96. The largest absolute Gasteiger partial charge is 0.511 e. The molecule has 0 bridgehead atoms. The van der Waals surface area contributed by atoms with Crippen LogP contribution in [0.15, 0.2) is 67.0 Å². The molecule has 0 aliphatic heterocycles. The van der Waals surface area contributed by atoms with Crippen LogP contribution < -0.4 is 14.2 Å². The van der Waals surface area contributed by atoms with Crippen LogP contribution in [0.2, 0.25) is 0 Å². The van der Waals surface area contributed by atoms with Crippen molar-refractivity contribution in [1.29, 1.82) is 0 Å². The van der Waals surface area contributed by atoms with E-state index in [0.717, 1.165) is 11.1 Å². The van der Waals surface area contributed by atoms with Gasteiger partial charge in [-0.1, -0.05) is 24.3 Å². The molecule has 2 aromatic carbocycles. The highest BCUT2D eigenvalue weighted by molar-refractivity contribution is 5.86. The summed E-state index contributed by atoms with van der Waals surface area (Å²) in [4.78, 5) is 24.2. The Morgan fingerprint density at radius 3 is 1.90 bits per heavy atom. The van der Waals surface area contributed by atoms with Crippen molar-refractivity contribution < 1.29 is 34.0 Å². The molecule has 0 saturated heterocycles. The molecule has 0 saturated carbocycles. The van der Waals surface area contributed by atoms with Crippen molar-refractivity contribution >= 4 is 24.3 Å². The maximum Gasteiger partial charge on any atom is 0.511 e. The lowest BCUT2D eigenvalue weighted by atomic mass is 10.1. The number of carboxylic acid groups (broad SMARTS) is 2. The molecule has 0 radical (unpaired) electrons. The van der Waals surface area contributed by atoms with Crippen LogP contribution in [-0.2, 0) is 0 Å². The number of benzene rings is 2. The monoisotopic (exact) mass is 423 g/mol. The number of hydrogen-bond donors (Lipinski definition) is 2. The average molecular weight is 423 g/mol. The van der Waals surface area contributed by atoms with Crippen LogP contribution in [0.4, 0.5) is 4.79 Å². The van der Waals surface area contributed by atoms with Gasteiger partial charge in [-0.15, -0.1) is 0 Å². The molecular weight excluding hydrogens is 402 g/mol. The molecule has 0 aliphatic carbocycles. The Labute approximate surface area is 179 Å². The van der Waals surface area contributed by atoms with E-state index in [1.165, 1.54) is 18.5 Å². The van der Waals surface area contributed by atoms with Crippen molar-refractivity contribution in [3.8, 4) is 17.2 Å². The van der Waals surface area contributed by atoms with E-state index in [-0.39, 0.29) is 11.3 Å². The Bertz CT molecular complexity index is 1010. The van der Waals surface area contributed by atoms with Crippen LogP contribution in [0.25, 0.3) is 12.2 Å². The van der Waals surface area contributed by atoms with Gasteiger partial charge in [0.05, 0.1) is 19.8 Å². The number of aromatic nitrogens is 1. The minimum Gasteiger partial charge on any atom is -0.497 e. The van der Waals surface area contributed by atoms with Gasteiger partial charge in [0, 0.05) is 18.5 Å². The Hall–Kier alpha value is -4.33. The summed E-state index contributed by atoms with van der Waals surface area (Å²) in [7, 11) is 3.20. The van der Waals surface area contributed by atoms with Crippen LogP contribution in [0, 0.1) is 0 Å². The molecule has 0 amide bonds. The van der Waals surface area contributed by atoms with Gasteiger partial charge in [0.2, 0.25) is 0 Å². The lowest BCUT2D eigenvalue weighted by Crippen LogP contribution is -2.02. The van der Waals surface area contributed by atoms with Gasteiger partial charge in [0.25, 0.3) is 0 Å². The number of ether oxygens (including phenoxy) is 3. The Kier molecular flexibility index (Phi) is 8.60. The van der Waals surface area contributed by atoms with Crippen LogP contribution in [0.3, 0.4) is 0 Å². The van der Waals surface area contributed by atoms with E-state index < -0.39 is 12.1 Å². The molecule has 1 aromatic heterocycles. The number of aromatic carboxylic acids is 1. The molecule has 8 heteroatoms. The third-order valence-corrected chi connectivity index (χ3v) is 3.84. The van der Waals surface area contributed by atoms with Crippen molar-refractivity contribution in [2.24, 2.45) is 0 Å². The first-order chi connectivity index (χ1) is 14.9. The summed E-state index contributed by atoms with van der Waals surface area (Å²) in [6, 6.07) is 15.4. The number of hydrogen-bond acceptors (Lipinski definition) is 6. The highest BCUT2D eigenvalue weighted by Gasteiger charge is 2.01. The van der Waals surface area contributed by atoms with Gasteiger partial charge < -0.3 is 24.4 Å². The van der Waals surface area contributed by atoms with Gasteiger partial charge in [-0.25, -0.2) is 9.59 Å². The number of pyridine rings is 1. The molecule has 31 heavy (non-hydrogen) atoms. The van der Waals surface area contributed by atoms with E-state index in [1.54, 1.807) is 50.6 Å². The topological polar surface area (TPSA) is 115 Å². The van der Waals surface area contributed by atoms with Gasteiger partial charge in [-0.05, 0) is 47.5 Å². The lowest BCUT2D eigenvalue weighted by Gasteiger charge is -2.05. The smallest absolute Gasteiger partial charge is 0.497 e. The third kappa shape index (κ3) is 7.90. The number of rotatable bonds is 6. The van der Waals surface area contributed by atoms with Crippen molar-refractivity contribution in [2.75, 3.05) is 14.2 Å². The van der Waals surface area contributed by atoms with Crippen LogP contribution in [-0.4, -0.2) is 41.5 Å². The second kappa shape index (κ2) is 11.6. The zero-order valence-electron chi connectivity index (χ0n) is 16.9. The molecule has 160 valence electrons. The number of carbonyl (C=O) groups is 2. The van der Waals surface area contributed by atoms with Gasteiger partial charge in [-0.2, -0.15) is 0 Å². The number of nitrogens with zero attached hydrogens (tertiary/aromatic N) is 1. The minimum absolute atomic E-state index is 0.220. The Morgan fingerprint density at radius 1 is 0.839 bits per heavy atom. The zero-order valence-corrected chi connectivity index (χ0v) is 16.9. The van der Waals surface area contributed by atoms with E-state index in [4.69, 9.17) is 19.7 Å². The number of methoxy groups -OCH3 is 2. The fraction of sp³-hybridized carbons (Fsp3) is 0.0870. The van der Waals surface area contributed by atoms with E-state index in [9.17, 15) is 9.59 Å². The Balaban J connectivity index is 0.000000316. The molecule has 0 fully saturated rings. The highest BCUT2D eigenvalue weighted by Crippen LogP contribution is 2.24. The molecule has 3 rings (SSSR count). The first kappa shape index (κ1) is 23.0. The molecule has 1 heterocycles. The van der Waals surface area contributed by atoms with Gasteiger partial charge in [0.15, 0.2) is 0 Å². The predicted octanol–water partition coefficient (Wildman–Crippen LogP) is 4.71. The van der Waals surface area contributed by atoms with Gasteiger partial charge >= 0.3 is 12.1 Å². The van der Waals surface area contributed by atoms with Gasteiger partial charge in [-0.3, -0.25) is 4.98 Å². The summed E-state index contributed by atoms with van der Waals surface area (Å²) in [5.41, 5.74) is 2.07. The molecule has 0 unspecified atom stereocenters. The molecule has 3 aromatic rings. The fourth-order valence-corrected chi connectivity index (χ4v) is 2.36. The lowest BCUT2D eigenvalue weighted by molar-refractivity contribution is 0.0696. The normalized spacial score (nSPS) is 10.0. The van der Waals surface area contributed by atoms with Crippen molar-refractivity contribution in [2.45, 2.75) is 0 Å². The average Bonchev–Trinajstić information content (AvgIpc) is 2.79. The first-order valence-corrected chi connectivity index (χ1v) is 8.96. The first-order valence-electron chi connectivity index (χ1n) is 8.96. The molecule has 0 spiro atoms. The summed E-state index contributed by atoms with van der Waals surface area (Å²) in [6.45, 7) is 0. The van der Waals surface area contributed by atoms with Gasteiger partial charge in [0.1, 0.15) is 17.2 Å². The summed E-state index contributed by atoms with van der Waals surface area (Å²) < 4.78 is 15.0. The van der Waals surface area contributed by atoms with E-state index in [0.29, 0.717) is 11.5 Å². The van der Waals surface area contributed by atoms with Crippen LogP contribution in [0.5, 0.6) is 17.2 Å². The predicted molar refractivity (Wildman–Crippen MR) is 115 cm³/mol. The summed E-state index contributed by atoms with van der Waals surface area (Å²) >= 11 is 0. The second-order valence-corrected chi connectivity index (χ2v) is 5.96. The van der Waals surface area contributed by atoms with E-state index in [2.05, 4.69) is 9.72 Å². The van der Waals surface area contributed by atoms with E-state index in [1.807, 2.05) is 24.3 Å².